The second-order valence-corrected chi connectivity index (χ2v) is 11.8. The number of aliphatic hydroxyl groups excluding tert-OH is 1. The maximum absolute atomic E-state index is 12.4. The Balaban J connectivity index is 1.37. The first-order valence-electron chi connectivity index (χ1n) is 13.7. The van der Waals surface area contributed by atoms with E-state index >= 15 is 0 Å². The van der Waals surface area contributed by atoms with Gasteiger partial charge in [-0.2, -0.15) is 5.10 Å². The van der Waals surface area contributed by atoms with Gasteiger partial charge in [-0.05, 0) is 98.8 Å². The monoisotopic (exact) mass is 764 g/mol. The number of nitrogens with zero attached hydrogens (tertiary/aromatic N) is 1. The van der Waals surface area contributed by atoms with Crippen molar-refractivity contribution in [2.75, 3.05) is 20.3 Å². The summed E-state index contributed by atoms with van der Waals surface area (Å²) in [5.74, 6) is 0.774. The summed E-state index contributed by atoms with van der Waals surface area (Å²) >= 11 is 13.1. The first-order valence-corrected chi connectivity index (χ1v) is 15.6. The molecule has 238 valence electrons. The average molecular weight is 767 g/mol. The van der Waals surface area contributed by atoms with Crippen molar-refractivity contribution in [3.8, 4) is 17.2 Å². The van der Waals surface area contributed by atoms with Gasteiger partial charge in [-0.3, -0.25) is 5.43 Å². The quantitative estimate of drug-likeness (QED) is 0.0724. The minimum absolute atomic E-state index is 0.156. The largest absolute Gasteiger partial charge is 0.490 e. The molecule has 0 saturated heterocycles. The molecule has 3 aromatic carbocycles. The molecule has 2 atom stereocenters. The van der Waals surface area contributed by atoms with E-state index in [0.29, 0.717) is 55.7 Å². The molecule has 3 aromatic rings. The van der Waals surface area contributed by atoms with Gasteiger partial charge in [-0.1, -0.05) is 29.8 Å². The molecule has 11 nitrogen and oxygen atoms in total. The highest BCUT2D eigenvalue weighted by Crippen LogP contribution is 2.36. The van der Waals surface area contributed by atoms with Crippen LogP contribution in [-0.4, -0.2) is 49.9 Å². The van der Waals surface area contributed by atoms with E-state index in [1.165, 1.54) is 7.11 Å². The summed E-state index contributed by atoms with van der Waals surface area (Å²) in [6.45, 7) is 3.95. The number of hydrazone groups is 1. The molecule has 0 spiro atoms. The molecule has 0 saturated carbocycles. The Kier molecular flexibility index (Phi) is 12.1. The minimum Gasteiger partial charge on any atom is -0.490 e. The van der Waals surface area contributed by atoms with Gasteiger partial charge in [0.05, 0.1) is 40.5 Å². The number of aliphatic hydroxyl groups is 1. The van der Waals surface area contributed by atoms with E-state index in [9.17, 15) is 14.7 Å². The first-order chi connectivity index (χ1) is 21.6. The number of carbonyl (C=O) groups is 2. The van der Waals surface area contributed by atoms with Crippen LogP contribution in [0.5, 0.6) is 17.2 Å². The van der Waals surface area contributed by atoms with E-state index in [1.807, 2.05) is 37.3 Å². The molecule has 0 radical (unpaired) electrons. The number of allylic oxidation sites excluding steroid dienone is 1. The van der Waals surface area contributed by atoms with Crippen molar-refractivity contribution in [3.63, 3.8) is 0 Å². The molecule has 45 heavy (non-hydrogen) atoms. The van der Waals surface area contributed by atoms with Gasteiger partial charge in [0.1, 0.15) is 19.0 Å². The van der Waals surface area contributed by atoms with Crippen molar-refractivity contribution in [1.29, 1.82) is 0 Å². The summed E-state index contributed by atoms with van der Waals surface area (Å²) in [4.78, 5) is 24.6. The summed E-state index contributed by atoms with van der Waals surface area (Å²) in [6.07, 6.45) is 0.393. The molecule has 0 unspecified atom stereocenters. The van der Waals surface area contributed by atoms with E-state index in [-0.39, 0.29) is 12.2 Å². The van der Waals surface area contributed by atoms with Gasteiger partial charge in [0.25, 0.3) is 0 Å². The maximum Gasteiger partial charge on any atom is 0.337 e. The number of methoxy groups -OCH3 is 1. The highest BCUT2D eigenvalue weighted by molar-refractivity contribution is 9.11. The molecule has 0 bridgehead atoms. The van der Waals surface area contributed by atoms with Crippen LogP contribution in [0.3, 0.4) is 0 Å². The van der Waals surface area contributed by atoms with Crippen LogP contribution < -0.4 is 30.3 Å². The molecule has 0 aromatic heterocycles. The van der Waals surface area contributed by atoms with Gasteiger partial charge >= 0.3 is 12.0 Å². The normalized spacial score (nSPS) is 15.3. The van der Waals surface area contributed by atoms with Crippen molar-refractivity contribution < 1.29 is 33.6 Å². The molecule has 2 amide bonds. The molecule has 1 aliphatic rings. The third-order valence-corrected chi connectivity index (χ3v) is 7.82. The topological polar surface area (TPSA) is 140 Å². The van der Waals surface area contributed by atoms with E-state index in [0.717, 1.165) is 11.1 Å². The smallest absolute Gasteiger partial charge is 0.337 e. The zero-order valence-electron chi connectivity index (χ0n) is 24.5. The fraction of sp³-hybridized carbons (Fsp3) is 0.258. The molecule has 4 rings (SSSR count). The Morgan fingerprint density at radius 1 is 1.11 bits per heavy atom. The lowest BCUT2D eigenvalue weighted by Crippen LogP contribution is -2.45. The Bertz CT molecular complexity index is 1600. The number of benzene rings is 3. The average Bonchev–Trinajstić information content (AvgIpc) is 2.99. The Morgan fingerprint density at radius 3 is 2.56 bits per heavy atom. The Labute approximate surface area is 282 Å². The van der Waals surface area contributed by atoms with E-state index in [4.69, 9.17) is 30.5 Å². The Hall–Kier alpha value is -3.78. The summed E-state index contributed by atoms with van der Waals surface area (Å²) in [7, 11) is 1.27. The van der Waals surface area contributed by atoms with Crippen LogP contribution in [0.4, 0.5) is 4.79 Å². The number of nitrogens with one attached hydrogen (secondary N) is 3. The zero-order chi connectivity index (χ0) is 32.5. The molecule has 0 aliphatic carbocycles. The van der Waals surface area contributed by atoms with Crippen LogP contribution >= 0.6 is 43.5 Å². The van der Waals surface area contributed by atoms with Crippen molar-refractivity contribution in [2.45, 2.75) is 32.7 Å². The van der Waals surface area contributed by atoms with Gasteiger partial charge < -0.3 is 34.7 Å². The molecule has 1 heterocycles. The molecular formula is C31H31Br2ClN4O7. The number of hydrogen-bond donors (Lipinski definition) is 4. The van der Waals surface area contributed by atoms with Gasteiger partial charge in [-0.15, -0.1) is 0 Å². The van der Waals surface area contributed by atoms with Crippen LogP contribution in [-0.2, 0) is 16.1 Å². The van der Waals surface area contributed by atoms with Crippen LogP contribution in [0, 0.1) is 0 Å². The van der Waals surface area contributed by atoms with E-state index in [2.05, 4.69) is 53.0 Å². The highest BCUT2D eigenvalue weighted by atomic mass is 79.9. The maximum atomic E-state index is 12.4. The Morgan fingerprint density at radius 2 is 1.87 bits per heavy atom. The van der Waals surface area contributed by atoms with Crippen molar-refractivity contribution in [3.05, 3.63) is 96.5 Å². The molecular weight excluding hydrogens is 736 g/mol. The fourth-order valence-corrected chi connectivity index (χ4v) is 6.06. The third kappa shape index (κ3) is 9.13. The molecule has 14 heteroatoms. The van der Waals surface area contributed by atoms with Gasteiger partial charge in [0.2, 0.25) is 0 Å². The minimum atomic E-state index is -1.15. The molecule has 1 aliphatic heterocycles. The lowest BCUT2D eigenvalue weighted by molar-refractivity contribution is -0.136. The SMILES string of the molecule is CCOc1cc([C@H]2NC(=O)NC(C)=C2C(=O)OC)ccc1OC[C@@H](O)N/N=C/c1cc(Br)c(OCc2cccc(Cl)c2)c(Br)c1. The summed E-state index contributed by atoms with van der Waals surface area (Å²) in [5.41, 5.74) is 5.54. The summed E-state index contributed by atoms with van der Waals surface area (Å²) < 4.78 is 23.9. The molecule has 4 N–H and O–H groups in total. The van der Waals surface area contributed by atoms with Crippen molar-refractivity contribution in [2.24, 2.45) is 5.10 Å². The van der Waals surface area contributed by atoms with Gasteiger partial charge in [-0.25, -0.2) is 9.59 Å². The third-order valence-electron chi connectivity index (χ3n) is 6.40. The molecule has 0 fully saturated rings. The summed E-state index contributed by atoms with van der Waals surface area (Å²) in [5, 5.41) is 20.5. The zero-order valence-corrected chi connectivity index (χ0v) is 28.5. The second kappa shape index (κ2) is 16.0. The second-order valence-electron chi connectivity index (χ2n) is 9.65. The number of rotatable bonds is 13. The van der Waals surface area contributed by atoms with Gasteiger partial charge in [0, 0.05) is 10.7 Å². The van der Waals surface area contributed by atoms with Crippen LogP contribution in [0.15, 0.2) is 79.9 Å². The number of esters is 1. The van der Waals surface area contributed by atoms with Crippen LogP contribution in [0.25, 0.3) is 0 Å². The van der Waals surface area contributed by atoms with Gasteiger partial charge in [0.15, 0.2) is 17.7 Å². The predicted molar refractivity (Wildman–Crippen MR) is 177 cm³/mol. The van der Waals surface area contributed by atoms with Crippen LogP contribution in [0.2, 0.25) is 5.02 Å². The predicted octanol–water partition coefficient (Wildman–Crippen LogP) is 5.96. The number of carbonyl (C=O) groups excluding carboxylic acids is 2. The first kappa shape index (κ1) is 34.1. The number of ether oxygens (including phenoxy) is 4. The number of urea groups is 1. The lowest BCUT2D eigenvalue weighted by atomic mass is 9.95. The standard InChI is InChI=1S/C31H31Br2ClN4O7/c1-4-43-25-13-20(28-27(30(40)42-3)17(2)36-31(41)37-28)8-9-24(25)44-16-26(39)38-35-14-19-11-22(32)29(23(33)12-19)45-15-18-6-5-7-21(34)10-18/h5-14,26,28,38-39H,4,15-16H2,1-3H3,(H2,36,37,41)/b35-14+/t26-,28-/m1/s1. The highest BCUT2D eigenvalue weighted by Gasteiger charge is 2.32. The fourth-order valence-electron chi connectivity index (χ4n) is 4.39. The van der Waals surface area contributed by atoms with E-state index < -0.39 is 24.3 Å². The number of halogens is 3. The number of amides is 2. The van der Waals surface area contributed by atoms with Crippen molar-refractivity contribution >= 4 is 61.7 Å². The number of hydrogen-bond acceptors (Lipinski definition) is 9. The van der Waals surface area contributed by atoms with Crippen LogP contribution in [0.1, 0.15) is 36.6 Å². The summed E-state index contributed by atoms with van der Waals surface area (Å²) in [6, 6.07) is 14.9. The van der Waals surface area contributed by atoms with Crippen molar-refractivity contribution in [1.82, 2.24) is 16.1 Å². The van der Waals surface area contributed by atoms with E-state index in [1.54, 1.807) is 37.4 Å². The lowest BCUT2D eigenvalue weighted by Gasteiger charge is -2.28.